The Labute approximate surface area is 191 Å². The Morgan fingerprint density at radius 3 is 2.53 bits per heavy atom. The van der Waals surface area contributed by atoms with Crippen LogP contribution in [-0.4, -0.2) is 11.7 Å². The molecule has 0 bridgehead atoms. The van der Waals surface area contributed by atoms with Gasteiger partial charge in [0.25, 0.3) is 5.91 Å². The first-order valence-corrected chi connectivity index (χ1v) is 10.9. The number of hydrogen-bond acceptors (Lipinski definition) is 3. The first-order chi connectivity index (χ1) is 15.1. The minimum atomic E-state index is -4.52. The van der Waals surface area contributed by atoms with Gasteiger partial charge in [0.2, 0.25) is 0 Å². The zero-order valence-corrected chi connectivity index (χ0v) is 18.7. The molecule has 4 nitrogen and oxygen atoms in total. The minimum Gasteiger partial charge on any atom is -0.362 e. The number of Topliss-reactive ketones (excluding diaryl/α,β-unsaturated/α-hetero) is 1. The maximum atomic E-state index is 13.3. The third kappa shape index (κ3) is 4.37. The molecule has 2 aromatic carbocycles. The van der Waals surface area contributed by atoms with Gasteiger partial charge in [-0.3, -0.25) is 9.59 Å². The van der Waals surface area contributed by atoms with E-state index in [0.29, 0.717) is 29.7 Å². The van der Waals surface area contributed by atoms with E-state index in [0.717, 1.165) is 34.3 Å². The fourth-order valence-corrected chi connectivity index (χ4v) is 4.51. The highest BCUT2D eigenvalue weighted by Gasteiger charge is 2.38. The fraction of sp³-hybridized carbons (Fsp3) is 0.250. The predicted molar refractivity (Wildman–Crippen MR) is 119 cm³/mol. The van der Waals surface area contributed by atoms with Crippen molar-refractivity contribution in [2.75, 3.05) is 5.32 Å². The quantitative estimate of drug-likeness (QED) is 0.532. The summed E-state index contributed by atoms with van der Waals surface area (Å²) in [7, 11) is 0. The van der Waals surface area contributed by atoms with E-state index in [9.17, 15) is 22.8 Å². The van der Waals surface area contributed by atoms with Gasteiger partial charge in [-0.05, 0) is 55.7 Å². The highest BCUT2D eigenvalue weighted by Crippen LogP contribution is 2.42. The maximum absolute atomic E-state index is 13.3. The summed E-state index contributed by atoms with van der Waals surface area (Å²) >= 11 is 3.40. The van der Waals surface area contributed by atoms with Crippen LogP contribution in [0.5, 0.6) is 0 Å². The number of carbonyl (C=O) groups is 2. The highest BCUT2D eigenvalue weighted by atomic mass is 79.9. The first kappa shape index (κ1) is 22.3. The van der Waals surface area contributed by atoms with Gasteiger partial charge in [-0.1, -0.05) is 34.1 Å². The lowest BCUT2D eigenvalue weighted by Gasteiger charge is -2.34. The molecule has 1 atom stereocenters. The smallest absolute Gasteiger partial charge is 0.362 e. The number of hydrogen-bond donors (Lipinski definition) is 2. The molecule has 0 radical (unpaired) electrons. The summed E-state index contributed by atoms with van der Waals surface area (Å²) in [4.78, 5) is 26.2. The number of ketones is 1. The number of dihydropyridines is 1. The molecule has 0 unspecified atom stereocenters. The zero-order valence-electron chi connectivity index (χ0n) is 17.1. The number of anilines is 1. The van der Waals surface area contributed by atoms with Gasteiger partial charge >= 0.3 is 6.18 Å². The van der Waals surface area contributed by atoms with Crippen LogP contribution in [0.2, 0.25) is 0 Å². The number of benzene rings is 2. The first-order valence-electron chi connectivity index (χ1n) is 10.1. The molecule has 32 heavy (non-hydrogen) atoms. The Morgan fingerprint density at radius 2 is 1.84 bits per heavy atom. The molecule has 4 rings (SSSR count). The number of halogens is 4. The van der Waals surface area contributed by atoms with E-state index in [1.165, 1.54) is 12.1 Å². The molecule has 1 aliphatic carbocycles. The summed E-state index contributed by atoms with van der Waals surface area (Å²) in [5.74, 6) is -1.17. The zero-order chi connectivity index (χ0) is 23.0. The van der Waals surface area contributed by atoms with Gasteiger partial charge < -0.3 is 10.6 Å². The van der Waals surface area contributed by atoms with E-state index in [-0.39, 0.29) is 11.5 Å². The minimum absolute atomic E-state index is 0.0245. The molecule has 1 aliphatic heterocycles. The van der Waals surface area contributed by atoms with Gasteiger partial charge in [0.1, 0.15) is 0 Å². The average molecular weight is 505 g/mol. The Hall–Kier alpha value is -2.87. The Balaban J connectivity index is 1.75. The highest BCUT2D eigenvalue weighted by molar-refractivity contribution is 9.10. The Kier molecular flexibility index (Phi) is 5.99. The normalized spacial score (nSPS) is 18.9. The molecule has 2 aromatic rings. The molecule has 8 heteroatoms. The van der Waals surface area contributed by atoms with Crippen LogP contribution < -0.4 is 10.6 Å². The lowest BCUT2D eigenvalue weighted by molar-refractivity contribution is -0.137. The summed E-state index contributed by atoms with van der Waals surface area (Å²) in [6.45, 7) is 1.75. The molecular weight excluding hydrogens is 485 g/mol. The van der Waals surface area contributed by atoms with Crippen LogP contribution >= 0.6 is 15.9 Å². The average Bonchev–Trinajstić information content (AvgIpc) is 2.73. The molecule has 0 saturated heterocycles. The van der Waals surface area contributed by atoms with Crippen molar-refractivity contribution >= 4 is 33.3 Å². The number of allylic oxidation sites excluding steroid dienone is 3. The van der Waals surface area contributed by atoms with Crippen molar-refractivity contribution in [1.82, 2.24) is 5.32 Å². The summed E-state index contributed by atoms with van der Waals surface area (Å²) in [5, 5.41) is 5.80. The number of nitrogens with one attached hydrogen (secondary N) is 2. The fourth-order valence-electron chi connectivity index (χ4n) is 4.24. The van der Waals surface area contributed by atoms with Crippen LogP contribution in [0, 0.1) is 0 Å². The Bertz CT molecular complexity index is 1150. The summed E-state index contributed by atoms with van der Waals surface area (Å²) < 4.78 is 40.1. The molecule has 0 saturated carbocycles. The second kappa shape index (κ2) is 8.58. The van der Waals surface area contributed by atoms with Crippen molar-refractivity contribution in [1.29, 1.82) is 0 Å². The van der Waals surface area contributed by atoms with E-state index in [2.05, 4.69) is 26.6 Å². The molecule has 1 heterocycles. The summed E-state index contributed by atoms with van der Waals surface area (Å²) in [5.41, 5.74) is 2.22. The second-order valence-electron chi connectivity index (χ2n) is 7.85. The third-order valence-corrected chi connectivity index (χ3v) is 6.20. The number of rotatable bonds is 3. The third-order valence-electron chi connectivity index (χ3n) is 5.67. The molecule has 2 aliphatic rings. The molecule has 0 aromatic heterocycles. The van der Waals surface area contributed by atoms with Crippen LogP contribution in [0.3, 0.4) is 0 Å². The number of carbonyl (C=O) groups excluding carboxylic acids is 2. The summed E-state index contributed by atoms with van der Waals surface area (Å²) in [6, 6.07) is 11.9. The van der Waals surface area contributed by atoms with Gasteiger partial charge in [-0.15, -0.1) is 0 Å². The lowest BCUT2D eigenvalue weighted by Crippen LogP contribution is -2.35. The monoisotopic (exact) mass is 504 g/mol. The van der Waals surface area contributed by atoms with Crippen molar-refractivity contribution in [3.8, 4) is 0 Å². The second-order valence-corrected chi connectivity index (χ2v) is 8.77. The predicted octanol–water partition coefficient (Wildman–Crippen LogP) is 6.07. The maximum Gasteiger partial charge on any atom is 0.416 e. The van der Waals surface area contributed by atoms with Gasteiger partial charge in [0.05, 0.1) is 5.56 Å². The molecular formula is C24H20BrF3N2O2. The van der Waals surface area contributed by atoms with Crippen LogP contribution in [0.25, 0.3) is 0 Å². The number of amides is 1. The van der Waals surface area contributed by atoms with Gasteiger partial charge in [0, 0.05) is 45.0 Å². The van der Waals surface area contributed by atoms with E-state index >= 15 is 0 Å². The summed E-state index contributed by atoms with van der Waals surface area (Å²) in [6.07, 6.45) is -2.68. The van der Waals surface area contributed by atoms with E-state index < -0.39 is 23.6 Å². The van der Waals surface area contributed by atoms with Gasteiger partial charge in [-0.2, -0.15) is 13.2 Å². The number of alkyl halides is 3. The molecule has 2 N–H and O–H groups in total. The molecule has 0 spiro atoms. The van der Waals surface area contributed by atoms with Crippen LogP contribution in [0.1, 0.15) is 43.2 Å². The largest absolute Gasteiger partial charge is 0.416 e. The van der Waals surface area contributed by atoms with Crippen molar-refractivity contribution < 1.29 is 22.8 Å². The van der Waals surface area contributed by atoms with E-state index in [1.807, 2.05) is 24.3 Å². The van der Waals surface area contributed by atoms with Gasteiger partial charge in [0.15, 0.2) is 5.78 Å². The topological polar surface area (TPSA) is 58.2 Å². The van der Waals surface area contributed by atoms with Crippen molar-refractivity contribution in [2.24, 2.45) is 0 Å². The molecule has 1 amide bonds. The van der Waals surface area contributed by atoms with Crippen LogP contribution in [-0.2, 0) is 15.8 Å². The standard InChI is InChI=1S/C24H20BrF3N2O2/c1-13-20(23(32)30-17-5-2-4-15(12-17)24(26,27)28)21(14-8-10-16(25)11-9-14)22-18(29-13)6-3-7-19(22)31/h2,4-5,8-12,21,29H,3,6-7H2,1H3,(H,30,32)/t21-/m0/s1. The lowest BCUT2D eigenvalue weighted by atomic mass is 9.75. The van der Waals surface area contributed by atoms with E-state index in [4.69, 9.17) is 0 Å². The van der Waals surface area contributed by atoms with Crippen molar-refractivity contribution in [2.45, 2.75) is 38.3 Å². The molecule has 0 fully saturated rings. The Morgan fingerprint density at radius 1 is 1.12 bits per heavy atom. The van der Waals surface area contributed by atoms with Crippen LogP contribution in [0.15, 0.2) is 75.5 Å². The van der Waals surface area contributed by atoms with Crippen molar-refractivity contribution in [3.05, 3.63) is 86.7 Å². The van der Waals surface area contributed by atoms with Crippen LogP contribution in [0.4, 0.5) is 18.9 Å². The van der Waals surface area contributed by atoms with E-state index in [1.54, 1.807) is 6.92 Å². The van der Waals surface area contributed by atoms with Gasteiger partial charge in [-0.25, -0.2) is 0 Å². The van der Waals surface area contributed by atoms with Crippen molar-refractivity contribution in [3.63, 3.8) is 0 Å². The SMILES string of the molecule is CC1=C(C(=O)Nc2cccc(C(F)(F)F)c2)[C@H](c2ccc(Br)cc2)C2=C(CCCC2=O)N1. The molecule has 166 valence electrons.